The second kappa shape index (κ2) is 8.62. The number of alkyl halides is 6. The molecule has 0 fully saturated rings. The van der Waals surface area contributed by atoms with Crippen LogP contribution in [0.5, 0.6) is 0 Å². The average Bonchev–Trinajstić information content (AvgIpc) is 3.49. The summed E-state index contributed by atoms with van der Waals surface area (Å²) in [5.74, 6) is 0. The van der Waals surface area contributed by atoms with Crippen LogP contribution in [0.15, 0.2) is 60.9 Å². The number of hydrogen-bond acceptors (Lipinski definition) is 6. The maximum Gasteiger partial charge on any atom is 0.433 e. The first-order chi connectivity index (χ1) is 17.8. The molecule has 0 aliphatic rings. The van der Waals surface area contributed by atoms with Gasteiger partial charge in [-0.1, -0.05) is 46.8 Å². The molecule has 0 atom stereocenters. The van der Waals surface area contributed by atoms with Crippen molar-refractivity contribution < 1.29 is 31.4 Å². The van der Waals surface area contributed by atoms with Gasteiger partial charge < -0.3 is 5.11 Å². The Hall–Kier alpha value is -4.33. The Labute approximate surface area is 210 Å². The molecular formula is C24H17F6N7O. The summed E-state index contributed by atoms with van der Waals surface area (Å²) >= 11 is 0. The van der Waals surface area contributed by atoms with Crippen LogP contribution < -0.4 is 0 Å². The highest BCUT2D eigenvalue weighted by atomic mass is 19.4. The fraction of sp³-hybridized carbons (Fsp3) is 0.208. The molecule has 3 aromatic heterocycles. The number of aromatic nitrogens is 7. The highest BCUT2D eigenvalue weighted by molar-refractivity contribution is 5.91. The molecule has 14 heteroatoms. The monoisotopic (exact) mass is 533 g/mol. The Bertz CT molecular complexity index is 1600. The number of aryl methyl sites for hydroxylation is 2. The van der Waals surface area contributed by atoms with Crippen molar-refractivity contribution in [2.75, 3.05) is 0 Å². The first kappa shape index (κ1) is 25.3. The molecule has 0 bridgehead atoms. The van der Waals surface area contributed by atoms with Crippen LogP contribution in [0.1, 0.15) is 28.2 Å². The minimum atomic E-state index is -5.22. The number of nitrogens with zero attached hydrogens (tertiary/aromatic N) is 7. The van der Waals surface area contributed by atoms with Crippen LogP contribution in [0.4, 0.5) is 26.3 Å². The molecule has 0 radical (unpaired) electrons. The molecule has 5 rings (SSSR count). The third kappa shape index (κ3) is 3.97. The van der Waals surface area contributed by atoms with Gasteiger partial charge in [0, 0.05) is 25.0 Å². The van der Waals surface area contributed by atoms with Crippen molar-refractivity contribution in [3.8, 4) is 11.1 Å². The van der Waals surface area contributed by atoms with E-state index in [2.05, 4.69) is 25.6 Å². The van der Waals surface area contributed by atoms with Gasteiger partial charge in [0.15, 0.2) is 11.3 Å². The SMILES string of the molecule is Cn1nncc1C(O)(c1ccc2nc(C(F)(F)F)c(-c3ccccc3)c(C(F)(F)F)c2c1)c1cnnn1C. The minimum absolute atomic E-state index is 0.0546. The van der Waals surface area contributed by atoms with Crippen molar-refractivity contribution in [3.05, 3.63) is 89.1 Å². The second-order valence-electron chi connectivity index (χ2n) is 8.50. The van der Waals surface area contributed by atoms with Crippen molar-refractivity contribution in [2.45, 2.75) is 18.0 Å². The number of fused-ring (bicyclic) bond motifs is 1. The third-order valence-electron chi connectivity index (χ3n) is 6.19. The normalized spacial score (nSPS) is 12.9. The van der Waals surface area contributed by atoms with Crippen LogP contribution in [0.25, 0.3) is 22.0 Å². The second-order valence-corrected chi connectivity index (χ2v) is 8.50. The van der Waals surface area contributed by atoms with Gasteiger partial charge in [0.1, 0.15) is 11.4 Å². The van der Waals surface area contributed by atoms with E-state index in [1.165, 1.54) is 60.1 Å². The molecule has 0 unspecified atom stereocenters. The van der Waals surface area contributed by atoms with Crippen LogP contribution in [-0.4, -0.2) is 40.1 Å². The van der Waals surface area contributed by atoms with E-state index in [1.54, 1.807) is 0 Å². The van der Waals surface area contributed by atoms with Crippen LogP contribution in [0.3, 0.4) is 0 Å². The van der Waals surface area contributed by atoms with E-state index >= 15 is 0 Å². The van der Waals surface area contributed by atoms with E-state index in [-0.39, 0.29) is 22.5 Å². The lowest BCUT2D eigenvalue weighted by atomic mass is 9.85. The van der Waals surface area contributed by atoms with E-state index in [1.807, 2.05) is 0 Å². The summed E-state index contributed by atoms with van der Waals surface area (Å²) in [6.45, 7) is 0. The van der Waals surface area contributed by atoms with Crippen molar-refractivity contribution in [1.82, 2.24) is 35.0 Å². The van der Waals surface area contributed by atoms with Gasteiger partial charge in [-0.05, 0) is 23.3 Å². The summed E-state index contributed by atoms with van der Waals surface area (Å²) < 4.78 is 88.5. The molecule has 2 aromatic carbocycles. The largest absolute Gasteiger partial charge is 0.433 e. The lowest BCUT2D eigenvalue weighted by Crippen LogP contribution is -2.34. The minimum Gasteiger partial charge on any atom is -0.373 e. The Morgan fingerprint density at radius 1 is 0.763 bits per heavy atom. The average molecular weight is 533 g/mol. The molecule has 0 aliphatic heterocycles. The molecule has 8 nitrogen and oxygen atoms in total. The lowest BCUT2D eigenvalue weighted by molar-refractivity contribution is -0.143. The van der Waals surface area contributed by atoms with Gasteiger partial charge in [-0.15, -0.1) is 10.2 Å². The molecule has 0 aliphatic carbocycles. The summed E-state index contributed by atoms with van der Waals surface area (Å²) in [4.78, 5) is 3.61. The predicted octanol–water partition coefficient (Wildman–Crippen LogP) is 4.48. The Morgan fingerprint density at radius 2 is 1.34 bits per heavy atom. The number of rotatable bonds is 4. The van der Waals surface area contributed by atoms with Crippen molar-refractivity contribution in [3.63, 3.8) is 0 Å². The summed E-state index contributed by atoms with van der Waals surface area (Å²) in [5.41, 5.74) is -7.36. The summed E-state index contributed by atoms with van der Waals surface area (Å²) in [6, 6.07) is 9.60. The third-order valence-corrected chi connectivity index (χ3v) is 6.19. The summed E-state index contributed by atoms with van der Waals surface area (Å²) in [7, 11) is 2.92. The number of pyridine rings is 1. The topological polar surface area (TPSA) is 94.5 Å². The van der Waals surface area contributed by atoms with Crippen LogP contribution in [-0.2, 0) is 32.0 Å². The zero-order valence-electron chi connectivity index (χ0n) is 19.6. The predicted molar refractivity (Wildman–Crippen MR) is 121 cm³/mol. The first-order valence-corrected chi connectivity index (χ1v) is 10.9. The van der Waals surface area contributed by atoms with E-state index in [4.69, 9.17) is 0 Å². The fourth-order valence-corrected chi connectivity index (χ4v) is 4.54. The summed E-state index contributed by atoms with van der Waals surface area (Å²) in [5, 5.41) is 26.5. The Balaban J connectivity index is 1.92. The van der Waals surface area contributed by atoms with Crippen molar-refractivity contribution >= 4 is 10.9 Å². The van der Waals surface area contributed by atoms with Gasteiger partial charge in [0.05, 0.1) is 23.5 Å². The zero-order valence-corrected chi connectivity index (χ0v) is 19.6. The lowest BCUT2D eigenvalue weighted by Gasteiger charge is -2.29. The highest BCUT2D eigenvalue weighted by Crippen LogP contribution is 2.48. The van der Waals surface area contributed by atoms with Crippen LogP contribution in [0.2, 0.25) is 0 Å². The maximum absolute atomic E-state index is 14.6. The smallest absolute Gasteiger partial charge is 0.373 e. The molecule has 1 N–H and O–H groups in total. The van der Waals surface area contributed by atoms with Gasteiger partial charge >= 0.3 is 12.4 Å². The number of aliphatic hydroxyl groups is 1. The summed E-state index contributed by atoms with van der Waals surface area (Å²) in [6.07, 6.45) is -7.98. The Morgan fingerprint density at radius 3 is 1.82 bits per heavy atom. The zero-order chi connectivity index (χ0) is 27.5. The van der Waals surface area contributed by atoms with E-state index in [0.29, 0.717) is 0 Å². The molecular weight excluding hydrogens is 516 g/mol. The standard InChI is InChI=1S/C24H17F6N7O/c1-36-17(11-31-34-36)22(38,18-12-32-35-37(18)2)14-8-9-16-15(10-14)20(23(25,26)27)19(13-6-4-3-5-7-13)21(33-16)24(28,29)30/h3-12,38H,1-2H3. The Kier molecular flexibility index (Phi) is 5.74. The van der Waals surface area contributed by atoms with Crippen molar-refractivity contribution in [2.24, 2.45) is 14.1 Å². The quantitative estimate of drug-likeness (QED) is 0.343. The number of benzene rings is 2. The van der Waals surface area contributed by atoms with Gasteiger partial charge in [-0.2, -0.15) is 26.3 Å². The van der Waals surface area contributed by atoms with Gasteiger partial charge in [-0.25, -0.2) is 14.3 Å². The molecule has 5 aromatic rings. The molecule has 38 heavy (non-hydrogen) atoms. The number of hydrogen-bond donors (Lipinski definition) is 1. The van der Waals surface area contributed by atoms with E-state index in [9.17, 15) is 31.4 Å². The van der Waals surface area contributed by atoms with Crippen LogP contribution in [0, 0.1) is 0 Å². The van der Waals surface area contributed by atoms with Crippen molar-refractivity contribution in [1.29, 1.82) is 0 Å². The fourth-order valence-electron chi connectivity index (χ4n) is 4.54. The van der Waals surface area contributed by atoms with Gasteiger partial charge in [0.2, 0.25) is 0 Å². The molecule has 0 saturated heterocycles. The molecule has 0 spiro atoms. The number of halogens is 6. The van der Waals surface area contributed by atoms with Crippen LogP contribution >= 0.6 is 0 Å². The molecule has 0 saturated carbocycles. The van der Waals surface area contributed by atoms with E-state index < -0.39 is 45.7 Å². The first-order valence-electron chi connectivity index (χ1n) is 10.9. The molecule has 0 amide bonds. The maximum atomic E-state index is 14.6. The van der Waals surface area contributed by atoms with Gasteiger partial charge in [0.25, 0.3) is 0 Å². The molecule has 3 heterocycles. The highest BCUT2D eigenvalue weighted by Gasteiger charge is 2.45. The van der Waals surface area contributed by atoms with E-state index in [0.717, 1.165) is 24.3 Å². The van der Waals surface area contributed by atoms with Gasteiger partial charge in [-0.3, -0.25) is 0 Å². The molecule has 196 valence electrons.